The molecule has 0 amide bonds. The van der Waals surface area contributed by atoms with Gasteiger partial charge in [-0.1, -0.05) is 19.3 Å². The van der Waals surface area contributed by atoms with Crippen molar-refractivity contribution in [2.24, 2.45) is 0 Å². The van der Waals surface area contributed by atoms with Crippen molar-refractivity contribution >= 4 is 10.0 Å². The number of hydrogen-bond acceptors (Lipinski definition) is 4. The van der Waals surface area contributed by atoms with Gasteiger partial charge < -0.3 is 9.84 Å². The number of aliphatic hydroxyl groups excluding tert-OH is 1. The van der Waals surface area contributed by atoms with Gasteiger partial charge in [-0.3, -0.25) is 0 Å². The lowest BCUT2D eigenvalue weighted by molar-refractivity contribution is 0.0321. The third kappa shape index (κ3) is 6.98. The molecule has 0 bridgehead atoms. The second-order valence-electron chi connectivity index (χ2n) is 4.42. The molecule has 1 aliphatic rings. The van der Waals surface area contributed by atoms with Gasteiger partial charge in [-0.15, -0.1) is 0 Å². The Bertz CT molecular complexity index is 286. The van der Waals surface area contributed by atoms with Crippen molar-refractivity contribution in [3.63, 3.8) is 0 Å². The first kappa shape index (κ1) is 14.9. The number of nitrogens with one attached hydrogen (secondary N) is 1. The maximum absolute atomic E-state index is 11.4. The van der Waals surface area contributed by atoms with Crippen molar-refractivity contribution in [2.75, 3.05) is 25.5 Å². The molecule has 0 aromatic heterocycles. The summed E-state index contributed by atoms with van der Waals surface area (Å²) in [4.78, 5) is 0. The molecular weight excluding hydrogens is 242 g/mol. The van der Waals surface area contributed by atoms with Gasteiger partial charge in [0.1, 0.15) is 0 Å². The van der Waals surface area contributed by atoms with Crippen molar-refractivity contribution < 1.29 is 18.3 Å². The quantitative estimate of drug-likeness (QED) is 0.631. The molecule has 0 atom stereocenters. The number of hydrogen-bond donors (Lipinski definition) is 2. The van der Waals surface area contributed by atoms with E-state index in [4.69, 9.17) is 9.84 Å². The Morgan fingerprint density at radius 1 is 1.24 bits per heavy atom. The van der Waals surface area contributed by atoms with Crippen LogP contribution in [0.15, 0.2) is 0 Å². The summed E-state index contributed by atoms with van der Waals surface area (Å²) in [5.41, 5.74) is 0. The number of rotatable bonds is 8. The van der Waals surface area contributed by atoms with Crippen LogP contribution in [0.4, 0.5) is 0 Å². The molecule has 0 aromatic rings. The first-order chi connectivity index (χ1) is 8.14. The lowest BCUT2D eigenvalue weighted by Crippen LogP contribution is -2.31. The van der Waals surface area contributed by atoms with Gasteiger partial charge in [0.25, 0.3) is 0 Å². The molecule has 0 saturated heterocycles. The van der Waals surface area contributed by atoms with Crippen molar-refractivity contribution in [2.45, 2.75) is 44.6 Å². The molecular formula is C11H23NO4S. The van der Waals surface area contributed by atoms with E-state index in [0.717, 1.165) is 12.8 Å². The zero-order valence-electron chi connectivity index (χ0n) is 10.2. The fraction of sp³-hybridized carbons (Fsp3) is 1.00. The molecule has 1 aliphatic carbocycles. The molecule has 0 aromatic carbocycles. The van der Waals surface area contributed by atoms with Gasteiger partial charge in [-0.05, 0) is 19.3 Å². The molecule has 0 radical (unpaired) electrons. The van der Waals surface area contributed by atoms with E-state index < -0.39 is 10.0 Å². The minimum atomic E-state index is -3.24. The molecule has 102 valence electrons. The van der Waals surface area contributed by atoms with Crippen LogP contribution in [-0.2, 0) is 14.8 Å². The minimum absolute atomic E-state index is 0.0209. The number of ether oxygens (including phenoxy) is 1. The largest absolute Gasteiger partial charge is 0.396 e. The summed E-state index contributed by atoms with van der Waals surface area (Å²) in [6, 6.07) is 0. The second kappa shape index (κ2) is 8.02. The molecule has 1 saturated carbocycles. The Kier molecular flexibility index (Phi) is 7.03. The highest BCUT2D eigenvalue weighted by molar-refractivity contribution is 7.89. The SMILES string of the molecule is O=S(=O)(CCCO)NCCOC1CCCCC1. The van der Waals surface area contributed by atoms with E-state index in [2.05, 4.69) is 4.72 Å². The molecule has 1 fully saturated rings. The molecule has 0 heterocycles. The molecule has 0 unspecified atom stereocenters. The Balaban J connectivity index is 2.06. The molecule has 0 spiro atoms. The van der Waals surface area contributed by atoms with Crippen LogP contribution in [0.5, 0.6) is 0 Å². The first-order valence-electron chi connectivity index (χ1n) is 6.34. The summed E-state index contributed by atoms with van der Waals surface area (Å²) in [6.45, 7) is 0.659. The van der Waals surface area contributed by atoms with Crippen molar-refractivity contribution in [1.82, 2.24) is 4.72 Å². The van der Waals surface area contributed by atoms with Gasteiger partial charge in [0, 0.05) is 13.2 Å². The molecule has 17 heavy (non-hydrogen) atoms. The van der Waals surface area contributed by atoms with Gasteiger partial charge >= 0.3 is 0 Å². The summed E-state index contributed by atoms with van der Waals surface area (Å²) in [6.07, 6.45) is 6.49. The maximum Gasteiger partial charge on any atom is 0.211 e. The summed E-state index contributed by atoms with van der Waals surface area (Å²) >= 11 is 0. The van der Waals surface area contributed by atoms with Crippen LogP contribution in [0.25, 0.3) is 0 Å². The third-order valence-corrected chi connectivity index (χ3v) is 4.37. The van der Waals surface area contributed by atoms with Crippen molar-refractivity contribution in [3.8, 4) is 0 Å². The molecule has 5 nitrogen and oxygen atoms in total. The normalized spacial score (nSPS) is 18.4. The van der Waals surface area contributed by atoms with Crippen LogP contribution in [0, 0.1) is 0 Å². The first-order valence-corrected chi connectivity index (χ1v) is 7.99. The Morgan fingerprint density at radius 2 is 1.94 bits per heavy atom. The highest BCUT2D eigenvalue weighted by atomic mass is 32.2. The van der Waals surface area contributed by atoms with Gasteiger partial charge in [-0.2, -0.15) is 0 Å². The summed E-state index contributed by atoms with van der Waals surface area (Å²) in [7, 11) is -3.24. The van der Waals surface area contributed by atoms with E-state index in [9.17, 15) is 8.42 Å². The number of aliphatic hydroxyl groups is 1. The van der Waals surface area contributed by atoms with Gasteiger partial charge in [0.2, 0.25) is 10.0 Å². The average molecular weight is 265 g/mol. The van der Waals surface area contributed by atoms with E-state index in [1.54, 1.807) is 0 Å². The van der Waals surface area contributed by atoms with E-state index in [1.807, 2.05) is 0 Å². The van der Waals surface area contributed by atoms with Crippen LogP contribution >= 0.6 is 0 Å². The Labute approximate surface area is 104 Å². The fourth-order valence-corrected chi connectivity index (χ4v) is 3.03. The standard InChI is InChI=1S/C11H23NO4S/c13-8-4-10-17(14,15)12-7-9-16-11-5-2-1-3-6-11/h11-13H,1-10H2. The predicted octanol–water partition coefficient (Wildman–Crippen LogP) is 0.637. The lowest BCUT2D eigenvalue weighted by atomic mass is 9.98. The topological polar surface area (TPSA) is 75.6 Å². The van der Waals surface area contributed by atoms with Crippen molar-refractivity contribution in [1.29, 1.82) is 0 Å². The maximum atomic E-state index is 11.4. The molecule has 6 heteroatoms. The fourth-order valence-electron chi connectivity index (χ4n) is 1.98. The van der Waals surface area contributed by atoms with Gasteiger partial charge in [0.15, 0.2) is 0 Å². The van der Waals surface area contributed by atoms with E-state index in [0.29, 0.717) is 19.3 Å². The van der Waals surface area contributed by atoms with Crippen LogP contribution in [0.2, 0.25) is 0 Å². The summed E-state index contributed by atoms with van der Waals surface area (Å²) in [5.74, 6) is -0.0209. The van der Waals surface area contributed by atoms with E-state index >= 15 is 0 Å². The summed E-state index contributed by atoms with van der Waals surface area (Å²) < 4.78 is 30.8. The smallest absolute Gasteiger partial charge is 0.211 e. The lowest BCUT2D eigenvalue weighted by Gasteiger charge is -2.21. The van der Waals surface area contributed by atoms with Crippen LogP contribution in [-0.4, -0.2) is 45.1 Å². The van der Waals surface area contributed by atoms with E-state index in [-0.39, 0.29) is 18.8 Å². The minimum Gasteiger partial charge on any atom is -0.396 e. The third-order valence-electron chi connectivity index (χ3n) is 2.90. The zero-order valence-corrected chi connectivity index (χ0v) is 11.0. The van der Waals surface area contributed by atoms with Gasteiger partial charge in [0.05, 0.1) is 18.5 Å². The van der Waals surface area contributed by atoms with Crippen LogP contribution in [0.3, 0.4) is 0 Å². The highest BCUT2D eigenvalue weighted by Crippen LogP contribution is 2.19. The Morgan fingerprint density at radius 3 is 2.59 bits per heavy atom. The average Bonchev–Trinajstić information content (AvgIpc) is 2.34. The molecule has 0 aliphatic heterocycles. The second-order valence-corrected chi connectivity index (χ2v) is 6.35. The zero-order chi connectivity index (χ0) is 12.6. The molecule has 2 N–H and O–H groups in total. The van der Waals surface area contributed by atoms with E-state index in [1.165, 1.54) is 19.3 Å². The van der Waals surface area contributed by atoms with Crippen molar-refractivity contribution in [3.05, 3.63) is 0 Å². The highest BCUT2D eigenvalue weighted by Gasteiger charge is 2.14. The van der Waals surface area contributed by atoms with Gasteiger partial charge in [-0.25, -0.2) is 13.1 Å². The predicted molar refractivity (Wildman–Crippen MR) is 66.3 cm³/mol. The molecule has 1 rings (SSSR count). The number of sulfonamides is 1. The Hall–Kier alpha value is -0.170. The monoisotopic (exact) mass is 265 g/mol. The van der Waals surface area contributed by atoms with Crippen LogP contribution < -0.4 is 4.72 Å². The summed E-state index contributed by atoms with van der Waals surface area (Å²) in [5, 5.41) is 8.55. The van der Waals surface area contributed by atoms with Crippen LogP contribution in [0.1, 0.15) is 38.5 Å².